The van der Waals surface area contributed by atoms with Crippen molar-refractivity contribution in [3.8, 4) is 0 Å². The number of amides is 2. The van der Waals surface area contributed by atoms with Gasteiger partial charge in [-0.15, -0.1) is 0 Å². The molecule has 2 aromatic heterocycles. The first-order chi connectivity index (χ1) is 16.5. The molecule has 3 heterocycles. The van der Waals surface area contributed by atoms with Crippen LogP contribution < -0.4 is 5.32 Å². The van der Waals surface area contributed by atoms with E-state index in [9.17, 15) is 19.5 Å². The average molecular weight is 457 g/mol. The van der Waals surface area contributed by atoms with Crippen molar-refractivity contribution in [1.29, 1.82) is 0 Å². The zero-order valence-electron chi connectivity index (χ0n) is 18.3. The van der Waals surface area contributed by atoms with E-state index >= 15 is 0 Å². The minimum atomic E-state index is -1.07. The minimum absolute atomic E-state index is 0.0416. The summed E-state index contributed by atoms with van der Waals surface area (Å²) < 4.78 is 0. The van der Waals surface area contributed by atoms with Gasteiger partial charge < -0.3 is 20.3 Å². The maximum atomic E-state index is 13.1. The Bertz CT molecular complexity index is 1370. The molecule has 1 aliphatic heterocycles. The van der Waals surface area contributed by atoms with Crippen LogP contribution in [0.15, 0.2) is 54.6 Å². The van der Waals surface area contributed by atoms with Gasteiger partial charge in [-0.1, -0.05) is 36.4 Å². The first kappa shape index (κ1) is 21.4. The lowest BCUT2D eigenvalue weighted by Crippen LogP contribution is -2.36. The Labute approximate surface area is 194 Å². The molecule has 2 aromatic carbocycles. The number of H-pyrrole nitrogens is 2. The summed E-state index contributed by atoms with van der Waals surface area (Å²) in [5.74, 6) is -1.44. The lowest BCUT2D eigenvalue weighted by atomic mass is 10.0. The van der Waals surface area contributed by atoms with Gasteiger partial charge in [0, 0.05) is 41.7 Å². The molecule has 34 heavy (non-hydrogen) atoms. The molecule has 0 fully saturated rings. The number of carbonyl (C=O) groups is 3. The van der Waals surface area contributed by atoms with Gasteiger partial charge in [0.2, 0.25) is 5.91 Å². The number of hydrogen-bond donors (Lipinski definition) is 4. The van der Waals surface area contributed by atoms with Crippen LogP contribution in [0.25, 0.3) is 10.9 Å². The monoisotopic (exact) mass is 457 g/mol. The first-order valence-electron chi connectivity index (χ1n) is 11.0. The fourth-order valence-corrected chi connectivity index (χ4v) is 4.33. The van der Waals surface area contributed by atoms with Gasteiger partial charge in [-0.3, -0.25) is 14.7 Å². The first-order valence-corrected chi connectivity index (χ1v) is 11.0. The second-order valence-electron chi connectivity index (χ2n) is 8.29. The van der Waals surface area contributed by atoms with Crippen LogP contribution >= 0.6 is 0 Å². The van der Waals surface area contributed by atoms with Crippen molar-refractivity contribution in [2.24, 2.45) is 0 Å². The maximum Gasteiger partial charge on any atom is 0.335 e. The van der Waals surface area contributed by atoms with Crippen molar-refractivity contribution in [3.63, 3.8) is 0 Å². The molecule has 1 aliphatic rings. The van der Waals surface area contributed by atoms with Gasteiger partial charge in [0.15, 0.2) is 0 Å². The summed E-state index contributed by atoms with van der Waals surface area (Å²) in [5, 5.41) is 20.5. The molecule has 0 aliphatic carbocycles. The van der Waals surface area contributed by atoms with E-state index in [0.29, 0.717) is 36.5 Å². The third-order valence-corrected chi connectivity index (χ3v) is 6.12. The number of carbonyl (C=O) groups excluding carboxylic acids is 2. The molecular formula is C25H23N5O4. The number of benzene rings is 2. The Kier molecular flexibility index (Phi) is 5.59. The summed E-state index contributed by atoms with van der Waals surface area (Å²) in [4.78, 5) is 41.9. The third-order valence-electron chi connectivity index (χ3n) is 6.12. The van der Waals surface area contributed by atoms with E-state index in [2.05, 4.69) is 20.5 Å². The van der Waals surface area contributed by atoms with Gasteiger partial charge in [-0.05, 0) is 23.8 Å². The third kappa shape index (κ3) is 4.15. The molecule has 2 amide bonds. The number of aromatic carboxylic acids is 1. The number of carboxylic acids is 1. The fraction of sp³-hybridized carbons (Fsp3) is 0.200. The van der Waals surface area contributed by atoms with Crippen LogP contribution in [-0.4, -0.2) is 49.5 Å². The smallest absolute Gasteiger partial charge is 0.335 e. The van der Waals surface area contributed by atoms with E-state index in [1.54, 1.807) is 23.1 Å². The zero-order chi connectivity index (χ0) is 23.7. The Balaban J connectivity index is 1.25. The SMILES string of the molecule is O=C(Cc1ccccc1C(=O)O)NCc1n[nH]c2c1CN(C(=O)c1cc3ccccc3[nH]1)CC2. The largest absolute Gasteiger partial charge is 0.478 e. The van der Waals surface area contributed by atoms with Crippen LogP contribution in [0, 0.1) is 0 Å². The van der Waals surface area contributed by atoms with Crippen molar-refractivity contribution in [2.45, 2.75) is 25.9 Å². The molecule has 0 radical (unpaired) electrons. The predicted octanol–water partition coefficient (Wildman–Crippen LogP) is 2.65. The highest BCUT2D eigenvalue weighted by atomic mass is 16.4. The van der Waals surface area contributed by atoms with Gasteiger partial charge in [-0.25, -0.2) is 4.79 Å². The lowest BCUT2D eigenvalue weighted by molar-refractivity contribution is -0.120. The number of para-hydroxylation sites is 1. The quantitative estimate of drug-likeness (QED) is 0.354. The predicted molar refractivity (Wildman–Crippen MR) is 124 cm³/mol. The number of fused-ring (bicyclic) bond motifs is 2. The Morgan fingerprint density at radius 3 is 2.71 bits per heavy atom. The molecule has 172 valence electrons. The number of hydrogen-bond acceptors (Lipinski definition) is 4. The number of rotatable bonds is 6. The van der Waals surface area contributed by atoms with Gasteiger partial charge in [-0.2, -0.15) is 5.10 Å². The van der Waals surface area contributed by atoms with Gasteiger partial charge >= 0.3 is 5.97 Å². The van der Waals surface area contributed by atoms with Crippen molar-refractivity contribution in [2.75, 3.05) is 6.54 Å². The van der Waals surface area contributed by atoms with Gasteiger partial charge in [0.05, 0.1) is 24.2 Å². The van der Waals surface area contributed by atoms with E-state index < -0.39 is 5.97 Å². The van der Waals surface area contributed by atoms with Crippen LogP contribution in [0.4, 0.5) is 0 Å². The van der Waals surface area contributed by atoms with Crippen LogP contribution in [0.2, 0.25) is 0 Å². The normalized spacial score (nSPS) is 13.0. The van der Waals surface area contributed by atoms with Crippen LogP contribution in [0.5, 0.6) is 0 Å². The molecule has 4 aromatic rings. The summed E-state index contributed by atoms with van der Waals surface area (Å²) in [6.07, 6.45) is 0.605. The molecule has 0 bridgehead atoms. The van der Waals surface area contributed by atoms with E-state index in [-0.39, 0.29) is 30.3 Å². The molecule has 0 spiro atoms. The summed E-state index contributed by atoms with van der Waals surface area (Å²) in [6, 6.07) is 16.1. The van der Waals surface area contributed by atoms with Crippen molar-refractivity contribution in [3.05, 3.63) is 88.4 Å². The molecule has 0 unspecified atom stereocenters. The minimum Gasteiger partial charge on any atom is -0.478 e. The molecular weight excluding hydrogens is 434 g/mol. The summed E-state index contributed by atoms with van der Waals surface area (Å²) in [7, 11) is 0. The summed E-state index contributed by atoms with van der Waals surface area (Å²) in [5.41, 5.74) is 4.56. The van der Waals surface area contributed by atoms with Crippen molar-refractivity contribution < 1.29 is 19.5 Å². The van der Waals surface area contributed by atoms with E-state index in [0.717, 1.165) is 22.2 Å². The molecule has 4 N–H and O–H groups in total. The zero-order valence-corrected chi connectivity index (χ0v) is 18.3. The van der Waals surface area contributed by atoms with E-state index in [1.807, 2.05) is 30.3 Å². The van der Waals surface area contributed by atoms with Gasteiger partial charge in [0.1, 0.15) is 5.69 Å². The van der Waals surface area contributed by atoms with E-state index in [1.165, 1.54) is 6.07 Å². The van der Waals surface area contributed by atoms with Crippen LogP contribution in [-0.2, 0) is 30.7 Å². The highest BCUT2D eigenvalue weighted by Gasteiger charge is 2.27. The Morgan fingerprint density at radius 1 is 1.09 bits per heavy atom. The molecule has 0 atom stereocenters. The Morgan fingerprint density at radius 2 is 1.88 bits per heavy atom. The van der Waals surface area contributed by atoms with Crippen molar-refractivity contribution in [1.82, 2.24) is 25.4 Å². The molecule has 9 nitrogen and oxygen atoms in total. The highest BCUT2D eigenvalue weighted by Crippen LogP contribution is 2.23. The standard InChI is InChI=1S/C25H23N5O4/c31-23(12-15-5-1-3-7-17(15)25(33)34)26-13-22-18-14-30(10-9-20(18)28-29-22)24(32)21-11-16-6-2-4-8-19(16)27-21/h1-8,11,27H,9-10,12-14H2,(H,26,31)(H,28,29)(H,33,34). The average Bonchev–Trinajstić information content (AvgIpc) is 3.46. The highest BCUT2D eigenvalue weighted by molar-refractivity contribution is 5.98. The second kappa shape index (κ2) is 8.86. The van der Waals surface area contributed by atoms with Gasteiger partial charge in [0.25, 0.3) is 5.91 Å². The molecule has 0 saturated heterocycles. The van der Waals surface area contributed by atoms with Crippen molar-refractivity contribution >= 4 is 28.7 Å². The summed E-state index contributed by atoms with van der Waals surface area (Å²) in [6.45, 7) is 1.16. The Hall–Kier alpha value is -4.40. The molecule has 0 saturated carbocycles. The number of aromatic amines is 2. The number of nitrogens with zero attached hydrogens (tertiary/aromatic N) is 2. The fourth-order valence-electron chi connectivity index (χ4n) is 4.33. The van der Waals surface area contributed by atoms with Crippen LogP contribution in [0.3, 0.4) is 0 Å². The summed E-state index contributed by atoms with van der Waals surface area (Å²) >= 11 is 0. The topological polar surface area (TPSA) is 131 Å². The number of aromatic nitrogens is 3. The number of nitrogens with one attached hydrogen (secondary N) is 3. The van der Waals surface area contributed by atoms with E-state index in [4.69, 9.17) is 0 Å². The van der Waals surface area contributed by atoms with Crippen LogP contribution in [0.1, 0.15) is 43.4 Å². The molecule has 9 heteroatoms. The maximum absolute atomic E-state index is 13.1. The number of carboxylic acid groups (broad SMARTS) is 1. The second-order valence-corrected chi connectivity index (χ2v) is 8.29. The lowest BCUT2D eigenvalue weighted by Gasteiger charge is -2.26. The molecule has 5 rings (SSSR count).